The Morgan fingerprint density at radius 1 is 1.12 bits per heavy atom. The molecule has 1 atom stereocenters. The Morgan fingerprint density at radius 3 is 2.26 bits per heavy atom. The molecule has 10 heteroatoms. The van der Waals surface area contributed by atoms with Crippen LogP contribution in [0, 0.1) is 15.5 Å². The topological polar surface area (TPSA) is 126 Å². The lowest BCUT2D eigenvalue weighted by molar-refractivity contribution is -0.385. The molecule has 34 heavy (non-hydrogen) atoms. The standard InChI is InChI=1S/C24H29N3O7/c1-7-32-17-11-12-18(33-8-2)21-20(17)25-22(26(21)6)19(24(3,4)5)15-13-14(27(30)31)9-10-16(15)34-23(28)29/h9-13,19H,7-8H2,1-6H3,(H,28,29). The van der Waals surface area contributed by atoms with Crippen LogP contribution in [0.1, 0.15) is 51.9 Å². The summed E-state index contributed by atoms with van der Waals surface area (Å²) in [7, 11) is 1.83. The predicted octanol–water partition coefficient (Wildman–Crippen LogP) is 5.51. The monoisotopic (exact) mass is 471 g/mol. The summed E-state index contributed by atoms with van der Waals surface area (Å²) in [6, 6.07) is 7.49. The number of carboxylic acid groups (broad SMARTS) is 1. The summed E-state index contributed by atoms with van der Waals surface area (Å²) in [6.07, 6.45) is -1.51. The summed E-state index contributed by atoms with van der Waals surface area (Å²) in [4.78, 5) is 27.3. The molecule has 3 rings (SSSR count). The number of fused-ring (bicyclic) bond motifs is 1. The normalized spacial score (nSPS) is 12.4. The van der Waals surface area contributed by atoms with Gasteiger partial charge in [-0.05, 0) is 37.5 Å². The Morgan fingerprint density at radius 2 is 1.71 bits per heavy atom. The molecule has 2 aromatic carbocycles. The molecular weight excluding hydrogens is 442 g/mol. The first-order chi connectivity index (χ1) is 16.0. The molecular formula is C24H29N3O7. The maximum atomic E-state index is 11.5. The molecule has 0 radical (unpaired) electrons. The Bertz CT molecular complexity index is 1230. The third-order valence-electron chi connectivity index (χ3n) is 5.42. The van der Waals surface area contributed by atoms with E-state index in [1.165, 1.54) is 18.2 Å². The minimum atomic E-state index is -1.51. The first kappa shape index (κ1) is 24.8. The third-order valence-corrected chi connectivity index (χ3v) is 5.42. The number of non-ortho nitro benzene ring substituents is 1. The van der Waals surface area contributed by atoms with E-state index < -0.39 is 22.4 Å². The van der Waals surface area contributed by atoms with Crippen LogP contribution in [0.25, 0.3) is 11.0 Å². The number of carbonyl (C=O) groups is 1. The van der Waals surface area contributed by atoms with Crippen molar-refractivity contribution in [3.63, 3.8) is 0 Å². The summed E-state index contributed by atoms with van der Waals surface area (Å²) >= 11 is 0. The zero-order valence-corrected chi connectivity index (χ0v) is 20.1. The van der Waals surface area contributed by atoms with Crippen LogP contribution in [-0.2, 0) is 7.05 Å². The van der Waals surface area contributed by atoms with Crippen LogP contribution in [0.3, 0.4) is 0 Å². The van der Waals surface area contributed by atoms with Gasteiger partial charge in [0, 0.05) is 24.7 Å². The molecule has 1 N–H and O–H groups in total. The highest BCUT2D eigenvalue weighted by Gasteiger charge is 2.36. The summed E-state index contributed by atoms with van der Waals surface area (Å²) in [5.74, 6) is 1.21. The Balaban J connectivity index is 2.37. The number of hydrogen-bond acceptors (Lipinski definition) is 7. The van der Waals surface area contributed by atoms with Crippen LogP contribution in [-0.4, -0.2) is 39.0 Å². The summed E-state index contributed by atoms with van der Waals surface area (Å²) in [5, 5.41) is 20.8. The fourth-order valence-corrected chi connectivity index (χ4v) is 4.14. The van der Waals surface area contributed by atoms with E-state index in [0.29, 0.717) is 47.1 Å². The smallest absolute Gasteiger partial charge is 0.492 e. The fraction of sp³-hybridized carbons (Fsp3) is 0.417. The number of nitro benzene ring substituents is 1. The number of nitro groups is 1. The second-order valence-electron chi connectivity index (χ2n) is 8.80. The number of benzene rings is 2. The third kappa shape index (κ3) is 4.75. The number of aryl methyl sites for hydroxylation is 1. The van der Waals surface area contributed by atoms with E-state index in [1.807, 2.05) is 52.3 Å². The highest BCUT2D eigenvalue weighted by molar-refractivity contribution is 5.88. The largest absolute Gasteiger partial charge is 0.511 e. The average Bonchev–Trinajstić information content (AvgIpc) is 3.07. The van der Waals surface area contributed by atoms with Gasteiger partial charge >= 0.3 is 6.16 Å². The molecule has 0 amide bonds. The second-order valence-corrected chi connectivity index (χ2v) is 8.80. The number of ether oxygens (including phenoxy) is 3. The molecule has 0 spiro atoms. The molecule has 0 saturated carbocycles. The van der Waals surface area contributed by atoms with Crippen molar-refractivity contribution in [2.75, 3.05) is 13.2 Å². The SMILES string of the molecule is CCOc1ccc(OCC)c2c1nc(C(c1cc([N+](=O)[O-])ccc1OC(=O)O)C(C)(C)C)n2C. The van der Waals surface area contributed by atoms with Crippen LogP contribution in [0.15, 0.2) is 30.3 Å². The molecule has 0 fully saturated rings. The fourth-order valence-electron chi connectivity index (χ4n) is 4.14. The number of nitrogens with zero attached hydrogens (tertiary/aromatic N) is 3. The van der Waals surface area contributed by atoms with Gasteiger partial charge in [-0.1, -0.05) is 20.8 Å². The highest BCUT2D eigenvalue weighted by Crippen LogP contribution is 2.46. The quantitative estimate of drug-likeness (QED) is 0.197. The molecule has 1 heterocycles. The maximum Gasteiger partial charge on any atom is 0.511 e. The molecule has 0 bridgehead atoms. The molecule has 0 aliphatic heterocycles. The van der Waals surface area contributed by atoms with E-state index in [2.05, 4.69) is 0 Å². The van der Waals surface area contributed by atoms with Gasteiger partial charge in [-0.3, -0.25) is 10.1 Å². The van der Waals surface area contributed by atoms with Crippen molar-refractivity contribution in [2.24, 2.45) is 12.5 Å². The van der Waals surface area contributed by atoms with Crippen molar-refractivity contribution in [3.05, 3.63) is 51.8 Å². The number of imidazole rings is 1. The zero-order valence-electron chi connectivity index (χ0n) is 20.1. The van der Waals surface area contributed by atoms with Crippen LogP contribution in [0.4, 0.5) is 10.5 Å². The van der Waals surface area contributed by atoms with Gasteiger partial charge in [-0.2, -0.15) is 0 Å². The lowest BCUT2D eigenvalue weighted by atomic mass is 9.75. The molecule has 182 valence electrons. The summed E-state index contributed by atoms with van der Waals surface area (Å²) in [6.45, 7) is 10.5. The molecule has 0 aliphatic carbocycles. The van der Waals surface area contributed by atoms with Gasteiger partial charge in [-0.15, -0.1) is 0 Å². The van der Waals surface area contributed by atoms with Crippen molar-refractivity contribution in [3.8, 4) is 17.2 Å². The number of hydrogen-bond donors (Lipinski definition) is 1. The van der Waals surface area contributed by atoms with Gasteiger partial charge < -0.3 is 23.9 Å². The lowest BCUT2D eigenvalue weighted by Crippen LogP contribution is -2.24. The summed E-state index contributed by atoms with van der Waals surface area (Å²) < 4.78 is 18.5. The van der Waals surface area contributed by atoms with E-state index in [4.69, 9.17) is 19.2 Å². The number of aromatic nitrogens is 2. The Hall–Kier alpha value is -3.82. The van der Waals surface area contributed by atoms with Gasteiger partial charge in [-0.25, -0.2) is 9.78 Å². The van der Waals surface area contributed by atoms with Crippen molar-refractivity contribution < 1.29 is 29.0 Å². The van der Waals surface area contributed by atoms with Crippen LogP contribution >= 0.6 is 0 Å². The van der Waals surface area contributed by atoms with E-state index in [9.17, 15) is 20.0 Å². The van der Waals surface area contributed by atoms with Gasteiger partial charge in [0.15, 0.2) is 0 Å². The van der Waals surface area contributed by atoms with Crippen molar-refractivity contribution in [1.29, 1.82) is 0 Å². The zero-order chi connectivity index (χ0) is 25.2. The number of rotatable bonds is 8. The molecule has 3 aromatic rings. The molecule has 0 aliphatic rings. The second kappa shape index (κ2) is 9.58. The molecule has 10 nitrogen and oxygen atoms in total. The van der Waals surface area contributed by atoms with Crippen LogP contribution in [0.5, 0.6) is 17.2 Å². The Labute approximate surface area is 197 Å². The van der Waals surface area contributed by atoms with Crippen molar-refractivity contribution in [2.45, 2.75) is 40.5 Å². The van der Waals surface area contributed by atoms with Crippen molar-refractivity contribution in [1.82, 2.24) is 9.55 Å². The molecule has 1 aromatic heterocycles. The van der Waals surface area contributed by atoms with Gasteiger partial charge in [0.1, 0.15) is 34.1 Å². The lowest BCUT2D eigenvalue weighted by Gasteiger charge is -2.31. The first-order valence-electron chi connectivity index (χ1n) is 10.9. The minimum Gasteiger partial charge on any atom is -0.492 e. The van der Waals surface area contributed by atoms with Crippen LogP contribution in [0.2, 0.25) is 0 Å². The van der Waals surface area contributed by atoms with E-state index >= 15 is 0 Å². The van der Waals surface area contributed by atoms with Gasteiger partial charge in [0.2, 0.25) is 0 Å². The van der Waals surface area contributed by atoms with Crippen LogP contribution < -0.4 is 14.2 Å². The first-order valence-corrected chi connectivity index (χ1v) is 10.9. The molecule has 1 unspecified atom stereocenters. The van der Waals surface area contributed by atoms with Gasteiger partial charge in [0.05, 0.1) is 24.1 Å². The van der Waals surface area contributed by atoms with Crippen molar-refractivity contribution >= 4 is 22.9 Å². The minimum absolute atomic E-state index is 0.0140. The molecule has 0 saturated heterocycles. The summed E-state index contributed by atoms with van der Waals surface area (Å²) in [5.41, 5.74) is 0.941. The average molecular weight is 472 g/mol. The van der Waals surface area contributed by atoms with Gasteiger partial charge in [0.25, 0.3) is 5.69 Å². The van der Waals surface area contributed by atoms with E-state index in [0.717, 1.165) is 0 Å². The van der Waals surface area contributed by atoms with E-state index in [-0.39, 0.29) is 11.4 Å². The predicted molar refractivity (Wildman–Crippen MR) is 126 cm³/mol. The van der Waals surface area contributed by atoms with E-state index in [1.54, 1.807) is 6.07 Å². The highest BCUT2D eigenvalue weighted by atomic mass is 16.7. The Kier molecular flexibility index (Phi) is 6.99. The maximum absolute atomic E-state index is 11.5.